The van der Waals surface area contributed by atoms with Gasteiger partial charge in [0.1, 0.15) is 0 Å². The van der Waals surface area contributed by atoms with Gasteiger partial charge in [-0.2, -0.15) is 34.8 Å². The van der Waals surface area contributed by atoms with Crippen molar-refractivity contribution in [1.29, 1.82) is 0 Å². The van der Waals surface area contributed by atoms with Crippen LogP contribution in [0.1, 0.15) is 57.8 Å². The lowest BCUT2D eigenvalue weighted by molar-refractivity contribution is -0.0687. The van der Waals surface area contributed by atoms with Crippen LogP contribution in [0.2, 0.25) is 0 Å². The van der Waals surface area contributed by atoms with Gasteiger partial charge in [0.05, 0.1) is 0 Å². The fourth-order valence-corrected chi connectivity index (χ4v) is 4.22. The summed E-state index contributed by atoms with van der Waals surface area (Å²) >= 11 is 0. The Morgan fingerprint density at radius 2 is 1.31 bits per heavy atom. The average Bonchev–Trinajstić information content (AvgIpc) is 2.54. The van der Waals surface area contributed by atoms with Gasteiger partial charge in [-0.15, -0.1) is 0 Å². The molecule has 0 bridgehead atoms. The van der Waals surface area contributed by atoms with Crippen molar-refractivity contribution in [2.75, 3.05) is 0 Å². The second-order valence-electron chi connectivity index (χ2n) is 6.96. The molecular formula is C15H21F6NO3S. The van der Waals surface area contributed by atoms with Crippen LogP contribution in [-0.4, -0.2) is 25.8 Å². The van der Waals surface area contributed by atoms with E-state index in [4.69, 9.17) is 0 Å². The third kappa shape index (κ3) is 5.26. The third-order valence-electron chi connectivity index (χ3n) is 5.28. The van der Waals surface area contributed by atoms with Crippen molar-refractivity contribution in [3.63, 3.8) is 0 Å². The van der Waals surface area contributed by atoms with Crippen LogP contribution < -0.4 is 0 Å². The smallest absolute Gasteiger partial charge is 0.262 e. The van der Waals surface area contributed by atoms with Crippen molar-refractivity contribution in [1.82, 2.24) is 0 Å². The summed E-state index contributed by atoms with van der Waals surface area (Å²) in [7, 11) is -6.21. The molecule has 2 aliphatic rings. The van der Waals surface area contributed by atoms with Crippen LogP contribution in [0.4, 0.5) is 26.3 Å². The number of rotatable bonds is 4. The first-order valence-corrected chi connectivity index (χ1v) is 9.97. The molecule has 0 N–H and O–H groups in total. The molecule has 2 rings (SSSR count). The zero-order valence-corrected chi connectivity index (χ0v) is 14.8. The Bertz CT molecular complexity index is 600. The van der Waals surface area contributed by atoms with Crippen LogP contribution in [-0.2, 0) is 14.4 Å². The van der Waals surface area contributed by atoms with E-state index in [2.05, 4.69) is 9.44 Å². The van der Waals surface area contributed by atoms with Gasteiger partial charge in [0.25, 0.3) is 0 Å². The number of nitrogens with zero attached hydrogens (tertiary/aromatic N) is 1. The van der Waals surface area contributed by atoms with Crippen molar-refractivity contribution in [3.8, 4) is 0 Å². The van der Waals surface area contributed by atoms with E-state index in [-0.39, 0.29) is 12.8 Å². The van der Waals surface area contributed by atoms with E-state index in [9.17, 15) is 34.8 Å². The highest BCUT2D eigenvalue weighted by Crippen LogP contribution is 2.42. The topological polar surface area (TPSA) is 55.7 Å². The Balaban J connectivity index is 2.06. The fraction of sp³-hybridized carbons (Fsp3) is 0.933. The maximum atomic E-state index is 13.1. The summed E-state index contributed by atoms with van der Waals surface area (Å²) in [5.74, 6) is -0.364. The molecule has 152 valence electrons. The molecule has 0 saturated heterocycles. The summed E-state index contributed by atoms with van der Waals surface area (Å²) < 4.78 is 101. The minimum atomic E-state index is -6.21. The number of halogens is 6. The molecule has 2 fully saturated rings. The largest absolute Gasteiger partial charge is 0.536 e. The SMILES string of the molecule is O=S(=O)(O/N=C(/C1CCC(C2CCCCC2)CC1)C(F)(F)F)C(F)(F)F. The molecule has 0 spiro atoms. The Hall–Kier alpha value is -1.00. The highest BCUT2D eigenvalue weighted by atomic mass is 32.2. The summed E-state index contributed by atoms with van der Waals surface area (Å²) in [6.07, 6.45) is 1.72. The molecule has 4 nitrogen and oxygen atoms in total. The normalized spacial score (nSPS) is 27.4. The molecule has 0 atom stereocenters. The zero-order valence-electron chi connectivity index (χ0n) is 13.9. The molecule has 2 saturated carbocycles. The lowest BCUT2D eigenvalue weighted by Crippen LogP contribution is -2.35. The molecule has 0 aromatic rings. The van der Waals surface area contributed by atoms with E-state index in [1.165, 1.54) is 6.42 Å². The maximum absolute atomic E-state index is 13.1. The Morgan fingerprint density at radius 3 is 1.77 bits per heavy atom. The van der Waals surface area contributed by atoms with Crippen molar-refractivity contribution < 1.29 is 39.0 Å². The molecule has 0 amide bonds. The second-order valence-corrected chi connectivity index (χ2v) is 8.48. The second kappa shape index (κ2) is 7.93. The van der Waals surface area contributed by atoms with Gasteiger partial charge in [-0.25, -0.2) is 0 Å². The minimum absolute atomic E-state index is 0.106. The quantitative estimate of drug-likeness (QED) is 0.279. The van der Waals surface area contributed by atoms with Crippen LogP contribution >= 0.6 is 0 Å². The average molecular weight is 409 g/mol. The van der Waals surface area contributed by atoms with E-state index in [0.717, 1.165) is 25.7 Å². The molecular weight excluding hydrogens is 388 g/mol. The Kier molecular flexibility index (Phi) is 6.50. The van der Waals surface area contributed by atoms with E-state index in [1.54, 1.807) is 0 Å². The zero-order chi connectivity index (χ0) is 19.6. The summed E-state index contributed by atoms with van der Waals surface area (Å²) in [6, 6.07) is 0. The van der Waals surface area contributed by atoms with Crippen molar-refractivity contribution in [2.24, 2.45) is 22.9 Å². The Labute approximate surface area is 148 Å². The highest BCUT2D eigenvalue weighted by Gasteiger charge is 2.50. The molecule has 0 unspecified atom stereocenters. The first-order chi connectivity index (χ1) is 11.9. The van der Waals surface area contributed by atoms with Crippen LogP contribution in [0.3, 0.4) is 0 Å². The highest BCUT2D eigenvalue weighted by molar-refractivity contribution is 7.87. The van der Waals surface area contributed by atoms with Gasteiger partial charge in [0.15, 0.2) is 5.71 Å². The van der Waals surface area contributed by atoms with Crippen molar-refractivity contribution in [3.05, 3.63) is 0 Å². The molecule has 26 heavy (non-hydrogen) atoms. The lowest BCUT2D eigenvalue weighted by Gasteiger charge is -2.36. The van der Waals surface area contributed by atoms with Gasteiger partial charge in [-0.1, -0.05) is 37.3 Å². The molecule has 0 aromatic carbocycles. The third-order valence-corrected chi connectivity index (χ3v) is 6.12. The fourth-order valence-electron chi connectivity index (χ4n) is 3.96. The summed E-state index contributed by atoms with van der Waals surface area (Å²) in [5.41, 5.74) is -7.42. The molecule has 0 aromatic heterocycles. The number of oxime groups is 1. The van der Waals surface area contributed by atoms with E-state index >= 15 is 0 Å². The first kappa shape index (κ1) is 21.3. The van der Waals surface area contributed by atoms with E-state index in [0.29, 0.717) is 24.7 Å². The molecule has 0 radical (unpaired) electrons. The maximum Gasteiger partial charge on any atom is 0.536 e. The number of hydrogen-bond acceptors (Lipinski definition) is 4. The van der Waals surface area contributed by atoms with Gasteiger partial charge in [-0.3, -0.25) is 4.28 Å². The molecule has 0 heterocycles. The predicted octanol–water partition coefficient (Wildman–Crippen LogP) is 5.16. The monoisotopic (exact) mass is 409 g/mol. The van der Waals surface area contributed by atoms with Crippen LogP contribution in [0.25, 0.3) is 0 Å². The molecule has 0 aliphatic heterocycles. The van der Waals surface area contributed by atoms with Crippen molar-refractivity contribution in [2.45, 2.75) is 69.5 Å². The van der Waals surface area contributed by atoms with E-state index in [1.807, 2.05) is 0 Å². The van der Waals surface area contributed by atoms with Crippen molar-refractivity contribution >= 4 is 15.8 Å². The van der Waals surface area contributed by atoms with Gasteiger partial charge in [0, 0.05) is 5.92 Å². The number of hydrogen-bond donors (Lipinski definition) is 0. The Morgan fingerprint density at radius 1 is 0.808 bits per heavy atom. The van der Waals surface area contributed by atoms with Gasteiger partial charge in [-0.05, 0) is 37.5 Å². The summed E-state index contributed by atoms with van der Waals surface area (Å²) in [6.45, 7) is 0. The minimum Gasteiger partial charge on any atom is -0.262 e. The van der Waals surface area contributed by atoms with Crippen LogP contribution in [0, 0.1) is 17.8 Å². The van der Waals surface area contributed by atoms with Gasteiger partial charge in [0.2, 0.25) is 0 Å². The predicted molar refractivity (Wildman–Crippen MR) is 81.6 cm³/mol. The summed E-state index contributed by atoms with van der Waals surface area (Å²) in [5, 5.41) is 2.38. The molecule has 2 aliphatic carbocycles. The van der Waals surface area contributed by atoms with Crippen LogP contribution in [0.15, 0.2) is 5.16 Å². The van der Waals surface area contributed by atoms with Gasteiger partial charge < -0.3 is 0 Å². The van der Waals surface area contributed by atoms with Gasteiger partial charge >= 0.3 is 21.8 Å². The molecule has 11 heteroatoms. The summed E-state index contributed by atoms with van der Waals surface area (Å²) in [4.78, 5) is 0. The lowest BCUT2D eigenvalue weighted by atomic mass is 9.70. The van der Waals surface area contributed by atoms with Crippen LogP contribution in [0.5, 0.6) is 0 Å². The number of alkyl halides is 6. The first-order valence-electron chi connectivity index (χ1n) is 8.57. The van der Waals surface area contributed by atoms with E-state index < -0.39 is 33.4 Å². The standard InChI is InChI=1S/C15H21F6NO3S/c16-14(17,18)13(22-25-26(23,24)15(19,20)21)12-8-6-11(7-9-12)10-4-2-1-3-5-10/h10-12H,1-9H2/b22-13-.